The lowest BCUT2D eigenvalue weighted by Gasteiger charge is -2.17. The van der Waals surface area contributed by atoms with Crippen molar-refractivity contribution in [3.05, 3.63) is 35.1 Å². The number of benzene rings is 1. The molecule has 1 aromatic rings. The Hall–Kier alpha value is -1.00. The third-order valence-corrected chi connectivity index (χ3v) is 2.11. The van der Waals surface area contributed by atoms with Crippen molar-refractivity contribution >= 4 is 0 Å². The van der Waals surface area contributed by atoms with E-state index >= 15 is 0 Å². The molecule has 0 bridgehead atoms. The Bertz CT molecular complexity index is 315. The summed E-state index contributed by atoms with van der Waals surface area (Å²) in [5.41, 5.74) is 5.56. The van der Waals surface area contributed by atoms with Crippen LogP contribution in [-0.4, -0.2) is 11.1 Å². The van der Waals surface area contributed by atoms with Gasteiger partial charge in [0.1, 0.15) is 12.5 Å². The minimum Gasteiger partial charge on any atom is -0.387 e. The van der Waals surface area contributed by atoms with Crippen LogP contribution < -0.4 is 5.73 Å². The largest absolute Gasteiger partial charge is 0.387 e. The van der Waals surface area contributed by atoms with Gasteiger partial charge in [-0.15, -0.1) is 0 Å². The normalized spacial score (nSPS) is 15.2. The molecule has 0 aliphatic rings. The lowest BCUT2D eigenvalue weighted by atomic mass is 9.98. The molecule has 1 aromatic carbocycles. The molecule has 2 unspecified atom stereocenters. The number of hydrogen-bond donors (Lipinski definition) is 2. The van der Waals surface area contributed by atoms with E-state index in [0.717, 1.165) is 6.07 Å². The molecular formula is C10H13F2NO. The first kappa shape index (κ1) is 11.1. The summed E-state index contributed by atoms with van der Waals surface area (Å²) in [6.45, 7) is 0.642. The first-order chi connectivity index (χ1) is 6.57. The number of nitrogens with two attached hydrogens (primary N) is 1. The monoisotopic (exact) mass is 201 g/mol. The molecule has 1 rings (SSSR count). The minimum absolute atomic E-state index is 0.114. The number of alkyl halides is 1. The van der Waals surface area contributed by atoms with E-state index in [1.807, 2.05) is 0 Å². The fraction of sp³-hybridized carbons (Fsp3) is 0.400. The van der Waals surface area contributed by atoms with Crippen LogP contribution >= 0.6 is 0 Å². The van der Waals surface area contributed by atoms with Crippen LogP contribution in [0.3, 0.4) is 0 Å². The number of halogens is 2. The van der Waals surface area contributed by atoms with Gasteiger partial charge in [-0.2, -0.15) is 0 Å². The number of rotatable bonds is 3. The third kappa shape index (κ3) is 2.08. The van der Waals surface area contributed by atoms with Gasteiger partial charge in [0.2, 0.25) is 0 Å². The summed E-state index contributed by atoms with van der Waals surface area (Å²) in [7, 11) is 0. The van der Waals surface area contributed by atoms with E-state index < -0.39 is 24.6 Å². The molecule has 0 amide bonds. The summed E-state index contributed by atoms with van der Waals surface area (Å²) in [5, 5.41) is 9.58. The van der Waals surface area contributed by atoms with Crippen molar-refractivity contribution in [3.8, 4) is 0 Å². The van der Waals surface area contributed by atoms with Crippen molar-refractivity contribution < 1.29 is 13.9 Å². The summed E-state index contributed by atoms with van der Waals surface area (Å²) in [4.78, 5) is 0. The molecule has 2 nitrogen and oxygen atoms in total. The highest BCUT2D eigenvalue weighted by molar-refractivity contribution is 5.30. The molecule has 0 radical (unpaired) electrons. The quantitative estimate of drug-likeness (QED) is 0.781. The van der Waals surface area contributed by atoms with Gasteiger partial charge in [0.25, 0.3) is 0 Å². The van der Waals surface area contributed by atoms with Gasteiger partial charge in [-0.1, -0.05) is 12.1 Å². The number of aliphatic hydroxyl groups excluding tert-OH is 1. The predicted molar refractivity (Wildman–Crippen MR) is 49.8 cm³/mol. The van der Waals surface area contributed by atoms with E-state index in [1.165, 1.54) is 12.1 Å². The Morgan fingerprint density at radius 2 is 2.14 bits per heavy atom. The summed E-state index contributed by atoms with van der Waals surface area (Å²) in [5.74, 6) is -0.648. The molecule has 2 atom stereocenters. The maximum Gasteiger partial charge on any atom is 0.129 e. The minimum atomic E-state index is -1.03. The SMILES string of the molecule is CC(N)C(O)c1cccc(F)c1CF. The fourth-order valence-electron chi connectivity index (χ4n) is 1.28. The Morgan fingerprint density at radius 3 is 2.64 bits per heavy atom. The van der Waals surface area contributed by atoms with E-state index in [9.17, 15) is 13.9 Å². The molecule has 0 saturated carbocycles. The second-order valence-corrected chi connectivity index (χ2v) is 3.25. The molecule has 0 spiro atoms. The van der Waals surface area contributed by atoms with Gasteiger partial charge >= 0.3 is 0 Å². The van der Waals surface area contributed by atoms with E-state index in [2.05, 4.69) is 0 Å². The van der Waals surface area contributed by atoms with Crippen molar-refractivity contribution in [1.29, 1.82) is 0 Å². The summed E-state index contributed by atoms with van der Waals surface area (Å²) in [6, 6.07) is 3.51. The summed E-state index contributed by atoms with van der Waals surface area (Å²) in [6.07, 6.45) is -1.03. The maximum atomic E-state index is 13.1. The van der Waals surface area contributed by atoms with Gasteiger partial charge in [0.15, 0.2) is 0 Å². The predicted octanol–water partition coefficient (Wildman–Crippen LogP) is 1.68. The van der Waals surface area contributed by atoms with Crippen LogP contribution in [0.4, 0.5) is 8.78 Å². The van der Waals surface area contributed by atoms with Crippen LogP contribution in [0, 0.1) is 5.82 Å². The standard InChI is InChI=1S/C10H13F2NO/c1-6(13)10(14)7-3-2-4-9(12)8(7)5-11/h2-4,6,10,14H,5,13H2,1H3. The van der Waals surface area contributed by atoms with Gasteiger partial charge in [-0.3, -0.25) is 0 Å². The van der Waals surface area contributed by atoms with Crippen LogP contribution in [0.1, 0.15) is 24.2 Å². The average molecular weight is 201 g/mol. The van der Waals surface area contributed by atoms with Gasteiger partial charge in [-0.25, -0.2) is 8.78 Å². The topological polar surface area (TPSA) is 46.2 Å². The van der Waals surface area contributed by atoms with Crippen LogP contribution in [0.25, 0.3) is 0 Å². The van der Waals surface area contributed by atoms with Crippen molar-refractivity contribution in [2.45, 2.75) is 25.7 Å². The smallest absolute Gasteiger partial charge is 0.129 e. The first-order valence-corrected chi connectivity index (χ1v) is 4.34. The molecule has 4 heteroatoms. The number of hydrogen-bond acceptors (Lipinski definition) is 2. The Balaban J connectivity index is 3.13. The van der Waals surface area contributed by atoms with Crippen molar-refractivity contribution in [2.24, 2.45) is 5.73 Å². The third-order valence-electron chi connectivity index (χ3n) is 2.11. The average Bonchev–Trinajstić information content (AvgIpc) is 2.16. The molecule has 0 heterocycles. The molecule has 0 aliphatic heterocycles. The van der Waals surface area contributed by atoms with Gasteiger partial charge in [0, 0.05) is 11.6 Å². The van der Waals surface area contributed by atoms with Crippen LogP contribution in [0.15, 0.2) is 18.2 Å². The zero-order valence-electron chi connectivity index (χ0n) is 7.87. The molecule has 0 saturated heterocycles. The zero-order chi connectivity index (χ0) is 10.7. The molecule has 0 aromatic heterocycles. The molecule has 14 heavy (non-hydrogen) atoms. The van der Waals surface area contributed by atoms with E-state index in [1.54, 1.807) is 6.92 Å². The Labute approximate surface area is 81.4 Å². The van der Waals surface area contributed by atoms with Gasteiger partial charge < -0.3 is 10.8 Å². The molecule has 3 N–H and O–H groups in total. The van der Waals surface area contributed by atoms with E-state index in [-0.39, 0.29) is 11.1 Å². The van der Waals surface area contributed by atoms with Crippen LogP contribution in [-0.2, 0) is 6.67 Å². The van der Waals surface area contributed by atoms with Crippen molar-refractivity contribution in [2.75, 3.05) is 0 Å². The summed E-state index contributed by atoms with van der Waals surface area (Å²) >= 11 is 0. The highest BCUT2D eigenvalue weighted by Crippen LogP contribution is 2.23. The van der Waals surface area contributed by atoms with Crippen LogP contribution in [0.2, 0.25) is 0 Å². The lowest BCUT2D eigenvalue weighted by molar-refractivity contribution is 0.151. The zero-order valence-corrected chi connectivity index (χ0v) is 7.87. The van der Waals surface area contributed by atoms with Crippen molar-refractivity contribution in [3.63, 3.8) is 0 Å². The lowest BCUT2D eigenvalue weighted by Crippen LogP contribution is -2.25. The highest BCUT2D eigenvalue weighted by Gasteiger charge is 2.18. The molecule has 0 aliphatic carbocycles. The highest BCUT2D eigenvalue weighted by atomic mass is 19.1. The van der Waals surface area contributed by atoms with E-state index in [0.29, 0.717) is 0 Å². The van der Waals surface area contributed by atoms with Gasteiger partial charge in [0.05, 0.1) is 6.10 Å². The maximum absolute atomic E-state index is 13.1. The van der Waals surface area contributed by atoms with Crippen LogP contribution in [0.5, 0.6) is 0 Å². The Kier molecular flexibility index (Phi) is 3.55. The second kappa shape index (κ2) is 4.48. The second-order valence-electron chi connectivity index (χ2n) is 3.25. The first-order valence-electron chi connectivity index (χ1n) is 4.34. The van der Waals surface area contributed by atoms with Crippen molar-refractivity contribution in [1.82, 2.24) is 0 Å². The summed E-state index contributed by atoms with van der Waals surface area (Å²) < 4.78 is 25.6. The van der Waals surface area contributed by atoms with E-state index in [4.69, 9.17) is 5.73 Å². The molecular weight excluding hydrogens is 188 g/mol. The molecule has 0 fully saturated rings. The Morgan fingerprint density at radius 1 is 1.50 bits per heavy atom. The van der Waals surface area contributed by atoms with Gasteiger partial charge in [-0.05, 0) is 18.6 Å². The fourth-order valence-corrected chi connectivity index (χ4v) is 1.28. The molecule has 78 valence electrons. The number of aliphatic hydroxyl groups is 1.